The van der Waals surface area contributed by atoms with Gasteiger partial charge < -0.3 is 10.2 Å². The van der Waals surface area contributed by atoms with E-state index in [9.17, 15) is 4.79 Å². The minimum atomic E-state index is 0.0491. The predicted molar refractivity (Wildman–Crippen MR) is 92.7 cm³/mol. The molecule has 0 aliphatic carbocycles. The van der Waals surface area contributed by atoms with Crippen LogP contribution in [0.1, 0.15) is 35.5 Å². The van der Waals surface area contributed by atoms with E-state index >= 15 is 0 Å². The van der Waals surface area contributed by atoms with E-state index in [1.54, 1.807) is 17.5 Å². The third-order valence-electron chi connectivity index (χ3n) is 4.11. The number of amides is 1. The summed E-state index contributed by atoms with van der Waals surface area (Å²) in [6, 6.07) is 4.03. The third kappa shape index (κ3) is 4.28. The first-order chi connectivity index (χ1) is 11.2. The van der Waals surface area contributed by atoms with Gasteiger partial charge in [-0.05, 0) is 49.3 Å². The topological polar surface area (TPSA) is 58.1 Å². The number of hydrogen-bond acceptors (Lipinski definition) is 5. The summed E-state index contributed by atoms with van der Waals surface area (Å²) in [6.45, 7) is 4.59. The first-order valence-corrected chi connectivity index (χ1v) is 8.97. The molecule has 3 rings (SSSR count). The molecule has 2 aromatic rings. The zero-order valence-electron chi connectivity index (χ0n) is 13.4. The largest absolute Gasteiger partial charge is 0.357 e. The van der Waals surface area contributed by atoms with Gasteiger partial charge in [0.15, 0.2) is 0 Å². The number of thiophene rings is 1. The fourth-order valence-electron chi connectivity index (χ4n) is 2.75. The zero-order chi connectivity index (χ0) is 16.1. The lowest BCUT2D eigenvalue weighted by atomic mass is 10.2. The van der Waals surface area contributed by atoms with Crippen molar-refractivity contribution in [1.29, 1.82) is 0 Å². The van der Waals surface area contributed by atoms with E-state index in [0.717, 1.165) is 25.3 Å². The fraction of sp³-hybridized carbons (Fsp3) is 0.471. The van der Waals surface area contributed by atoms with Crippen LogP contribution < -0.4 is 10.2 Å². The number of nitrogens with one attached hydrogen (secondary N) is 1. The first kappa shape index (κ1) is 15.9. The Labute approximate surface area is 140 Å². The number of aromatic nitrogens is 2. The molecular formula is C17H22N4OS. The van der Waals surface area contributed by atoms with Gasteiger partial charge in [0.1, 0.15) is 11.6 Å². The van der Waals surface area contributed by atoms with Crippen LogP contribution in [0.15, 0.2) is 23.7 Å². The quantitative estimate of drug-likeness (QED) is 0.885. The van der Waals surface area contributed by atoms with Crippen molar-refractivity contribution in [3.8, 4) is 0 Å². The van der Waals surface area contributed by atoms with Gasteiger partial charge in [0.25, 0.3) is 0 Å². The van der Waals surface area contributed by atoms with Crippen molar-refractivity contribution in [1.82, 2.24) is 15.3 Å². The van der Waals surface area contributed by atoms with Crippen molar-refractivity contribution in [3.63, 3.8) is 0 Å². The zero-order valence-corrected chi connectivity index (χ0v) is 14.2. The Hall–Kier alpha value is -1.95. The third-order valence-corrected chi connectivity index (χ3v) is 5.19. The molecule has 3 heterocycles. The van der Waals surface area contributed by atoms with E-state index in [2.05, 4.69) is 38.6 Å². The van der Waals surface area contributed by atoms with Crippen molar-refractivity contribution in [2.24, 2.45) is 0 Å². The summed E-state index contributed by atoms with van der Waals surface area (Å²) in [5.41, 5.74) is 1.27. The molecule has 0 radical (unpaired) electrons. The molecule has 1 N–H and O–H groups in total. The molecule has 0 aromatic carbocycles. The van der Waals surface area contributed by atoms with Gasteiger partial charge in [-0.1, -0.05) is 0 Å². The molecule has 0 unspecified atom stereocenters. The van der Waals surface area contributed by atoms with E-state index < -0.39 is 0 Å². The van der Waals surface area contributed by atoms with Gasteiger partial charge in [0, 0.05) is 30.6 Å². The van der Waals surface area contributed by atoms with E-state index in [1.165, 1.54) is 23.3 Å². The first-order valence-electron chi connectivity index (χ1n) is 8.09. The minimum absolute atomic E-state index is 0.0491. The van der Waals surface area contributed by atoms with E-state index in [1.807, 2.05) is 6.07 Å². The van der Waals surface area contributed by atoms with Gasteiger partial charge in [-0.3, -0.25) is 4.79 Å². The van der Waals surface area contributed by atoms with Gasteiger partial charge in [-0.15, -0.1) is 11.3 Å². The Morgan fingerprint density at radius 2 is 2.17 bits per heavy atom. The monoisotopic (exact) mass is 330 g/mol. The highest BCUT2D eigenvalue weighted by Crippen LogP contribution is 2.18. The number of hydrogen-bond donors (Lipinski definition) is 1. The maximum Gasteiger partial charge on any atom is 0.220 e. The molecule has 2 aromatic heterocycles. The molecule has 1 aliphatic rings. The normalized spacial score (nSPS) is 14.2. The highest BCUT2D eigenvalue weighted by atomic mass is 32.1. The number of nitrogens with zero attached hydrogens (tertiary/aromatic N) is 3. The average molecular weight is 330 g/mol. The Kier molecular flexibility index (Phi) is 5.23. The summed E-state index contributed by atoms with van der Waals surface area (Å²) < 4.78 is 0. The predicted octanol–water partition coefficient (Wildman–Crippen LogP) is 2.70. The summed E-state index contributed by atoms with van der Waals surface area (Å²) in [6.07, 6.45) is 5.52. The van der Waals surface area contributed by atoms with Crippen molar-refractivity contribution in [2.45, 2.75) is 39.2 Å². The molecule has 0 spiro atoms. The Morgan fingerprint density at radius 3 is 2.91 bits per heavy atom. The van der Waals surface area contributed by atoms with E-state index in [4.69, 9.17) is 0 Å². The van der Waals surface area contributed by atoms with Crippen molar-refractivity contribution in [3.05, 3.63) is 40.0 Å². The molecule has 0 atom stereocenters. The molecule has 0 saturated carbocycles. The second kappa shape index (κ2) is 7.55. The van der Waals surface area contributed by atoms with Crippen LogP contribution in [0, 0.1) is 6.92 Å². The van der Waals surface area contributed by atoms with Crippen LogP contribution in [-0.4, -0.2) is 29.0 Å². The number of anilines is 1. The smallest absolute Gasteiger partial charge is 0.220 e. The van der Waals surface area contributed by atoms with Gasteiger partial charge in [0.05, 0.1) is 6.54 Å². The van der Waals surface area contributed by atoms with Crippen LogP contribution in [0.4, 0.5) is 5.82 Å². The average Bonchev–Trinajstić information content (AvgIpc) is 3.23. The molecule has 6 heteroatoms. The van der Waals surface area contributed by atoms with Crippen LogP contribution in [0.2, 0.25) is 0 Å². The second-order valence-corrected chi connectivity index (χ2v) is 6.83. The molecule has 1 aliphatic heterocycles. The molecule has 23 heavy (non-hydrogen) atoms. The molecular weight excluding hydrogens is 308 g/mol. The molecule has 1 fully saturated rings. The van der Waals surface area contributed by atoms with Crippen LogP contribution in [0.25, 0.3) is 0 Å². The van der Waals surface area contributed by atoms with Crippen LogP contribution >= 0.6 is 11.3 Å². The lowest BCUT2D eigenvalue weighted by Gasteiger charge is -2.16. The van der Waals surface area contributed by atoms with Crippen LogP contribution in [-0.2, 0) is 17.8 Å². The van der Waals surface area contributed by atoms with Gasteiger partial charge in [-0.2, -0.15) is 0 Å². The van der Waals surface area contributed by atoms with E-state index in [0.29, 0.717) is 18.8 Å². The molecule has 1 amide bonds. The maximum atomic E-state index is 12.0. The number of aryl methyl sites for hydroxylation is 2. The standard InChI is InChI=1S/C17H22N4OS/c1-13-7-11-23-14(13)4-5-17(22)19-12-15-18-8-6-16(20-15)21-9-2-3-10-21/h6-8,11H,2-5,9-10,12H2,1H3,(H,19,22). The lowest BCUT2D eigenvalue weighted by Crippen LogP contribution is -2.25. The van der Waals surface area contributed by atoms with Crippen LogP contribution in [0.3, 0.4) is 0 Å². The van der Waals surface area contributed by atoms with Crippen molar-refractivity contribution < 1.29 is 4.79 Å². The number of carbonyl (C=O) groups is 1. The van der Waals surface area contributed by atoms with Crippen molar-refractivity contribution >= 4 is 23.1 Å². The summed E-state index contributed by atoms with van der Waals surface area (Å²) in [5.74, 6) is 1.69. The highest BCUT2D eigenvalue weighted by molar-refractivity contribution is 7.10. The number of rotatable bonds is 6. The second-order valence-electron chi connectivity index (χ2n) is 5.83. The SMILES string of the molecule is Cc1ccsc1CCC(=O)NCc1nccc(N2CCCC2)n1. The lowest BCUT2D eigenvalue weighted by molar-refractivity contribution is -0.121. The minimum Gasteiger partial charge on any atom is -0.357 e. The molecule has 122 valence electrons. The van der Waals surface area contributed by atoms with Crippen molar-refractivity contribution in [2.75, 3.05) is 18.0 Å². The Balaban J connectivity index is 1.48. The van der Waals surface area contributed by atoms with Gasteiger partial charge >= 0.3 is 0 Å². The van der Waals surface area contributed by atoms with Gasteiger partial charge in [-0.25, -0.2) is 9.97 Å². The summed E-state index contributed by atoms with van der Waals surface area (Å²) in [7, 11) is 0. The highest BCUT2D eigenvalue weighted by Gasteiger charge is 2.14. The fourth-order valence-corrected chi connectivity index (χ4v) is 3.66. The Morgan fingerprint density at radius 1 is 1.35 bits per heavy atom. The molecule has 1 saturated heterocycles. The summed E-state index contributed by atoms with van der Waals surface area (Å²) in [5, 5.41) is 4.99. The van der Waals surface area contributed by atoms with E-state index in [-0.39, 0.29) is 5.91 Å². The van der Waals surface area contributed by atoms with Crippen LogP contribution in [0.5, 0.6) is 0 Å². The Bertz CT molecular complexity index is 664. The summed E-state index contributed by atoms with van der Waals surface area (Å²) in [4.78, 5) is 24.4. The molecule has 5 nitrogen and oxygen atoms in total. The molecule has 0 bridgehead atoms. The number of carbonyl (C=O) groups excluding carboxylic acids is 1. The summed E-state index contributed by atoms with van der Waals surface area (Å²) >= 11 is 1.71. The maximum absolute atomic E-state index is 12.0. The van der Waals surface area contributed by atoms with Gasteiger partial charge in [0.2, 0.25) is 5.91 Å².